The van der Waals surface area contributed by atoms with E-state index in [0.717, 1.165) is 49.9 Å². The van der Waals surface area contributed by atoms with Crippen molar-refractivity contribution in [1.29, 1.82) is 0 Å². The highest BCUT2D eigenvalue weighted by Crippen LogP contribution is 2.46. The van der Waals surface area contributed by atoms with Crippen molar-refractivity contribution >= 4 is 21.7 Å². The van der Waals surface area contributed by atoms with E-state index >= 15 is 0 Å². The lowest BCUT2D eigenvalue weighted by Crippen LogP contribution is -2.53. The lowest BCUT2D eigenvalue weighted by Gasteiger charge is -2.37. The predicted octanol–water partition coefficient (Wildman–Crippen LogP) is 4.50. The number of benzene rings is 3. The first-order valence-corrected chi connectivity index (χ1v) is 10.8. The first kappa shape index (κ1) is 18.8. The summed E-state index contributed by atoms with van der Waals surface area (Å²) in [6.07, 6.45) is 0. The van der Waals surface area contributed by atoms with Gasteiger partial charge in [0.1, 0.15) is 38.2 Å². The van der Waals surface area contributed by atoms with E-state index in [9.17, 15) is 0 Å². The van der Waals surface area contributed by atoms with Gasteiger partial charge in [-0.15, -0.1) is 0 Å². The molecule has 0 aliphatic carbocycles. The number of quaternary nitrogens is 1. The summed E-state index contributed by atoms with van der Waals surface area (Å²) in [4.78, 5) is 5.95. The van der Waals surface area contributed by atoms with E-state index < -0.39 is 0 Å². The van der Waals surface area contributed by atoms with Gasteiger partial charge in [0.05, 0.1) is 36.7 Å². The second kappa shape index (κ2) is 7.02. The highest BCUT2D eigenvalue weighted by atomic mass is 16.7. The summed E-state index contributed by atoms with van der Waals surface area (Å²) in [6.45, 7) is 4.06. The number of ether oxygens (including phenoxy) is 2. The number of para-hydroxylation sites is 1. The van der Waals surface area contributed by atoms with Crippen molar-refractivity contribution < 1.29 is 23.5 Å². The van der Waals surface area contributed by atoms with Gasteiger partial charge >= 0.3 is 0 Å². The van der Waals surface area contributed by atoms with Gasteiger partial charge in [-0.2, -0.15) is 9.21 Å². The van der Waals surface area contributed by atoms with E-state index in [1.54, 1.807) is 0 Å². The second-order valence-corrected chi connectivity index (χ2v) is 8.49. The maximum absolute atomic E-state index is 6.26. The van der Waals surface area contributed by atoms with Crippen LogP contribution in [0.15, 0.2) is 60.7 Å². The van der Waals surface area contributed by atoms with E-state index in [4.69, 9.17) is 14.3 Å². The average Bonchev–Trinajstić information content (AvgIpc) is 2.82. The number of pyridine rings is 1. The van der Waals surface area contributed by atoms with Crippen LogP contribution in [-0.4, -0.2) is 38.1 Å². The molecule has 6 rings (SSSR count). The van der Waals surface area contributed by atoms with Crippen LogP contribution < -0.4 is 9.30 Å². The van der Waals surface area contributed by atoms with Crippen molar-refractivity contribution in [1.82, 2.24) is 0 Å². The molecule has 2 aliphatic rings. The molecule has 31 heavy (non-hydrogen) atoms. The van der Waals surface area contributed by atoms with Gasteiger partial charge in [-0.05, 0) is 24.3 Å². The molecule has 0 N–H and O–H groups in total. The van der Waals surface area contributed by atoms with Crippen LogP contribution in [0.3, 0.4) is 0 Å². The Bertz CT molecular complexity index is 1330. The lowest BCUT2D eigenvalue weighted by atomic mass is 9.95. The van der Waals surface area contributed by atoms with Crippen LogP contribution in [0.25, 0.3) is 32.9 Å². The van der Waals surface area contributed by atoms with Crippen LogP contribution in [0.4, 0.5) is 0 Å². The molecule has 0 saturated carbocycles. The molecule has 3 aromatic carbocycles. The maximum atomic E-state index is 6.26. The van der Waals surface area contributed by atoms with Crippen LogP contribution in [0.5, 0.6) is 11.5 Å². The predicted molar refractivity (Wildman–Crippen MR) is 120 cm³/mol. The Morgan fingerprint density at radius 3 is 2.58 bits per heavy atom. The summed E-state index contributed by atoms with van der Waals surface area (Å²) in [5.74, 6) is 1.83. The number of hydroxylamine groups is 3. The van der Waals surface area contributed by atoms with Crippen LogP contribution in [0.1, 0.15) is 5.56 Å². The minimum Gasteiger partial charge on any atom is -0.456 e. The second-order valence-electron chi connectivity index (χ2n) is 8.49. The molecule has 0 radical (unpaired) electrons. The van der Waals surface area contributed by atoms with E-state index in [-0.39, 0.29) is 0 Å². The summed E-state index contributed by atoms with van der Waals surface area (Å²) >= 11 is 0. The Balaban J connectivity index is 1.58. The quantitative estimate of drug-likeness (QED) is 0.248. The maximum Gasteiger partial charge on any atom is 0.228 e. The third kappa shape index (κ3) is 2.85. The molecular weight excluding hydrogens is 388 g/mol. The van der Waals surface area contributed by atoms with E-state index in [0.29, 0.717) is 4.65 Å². The van der Waals surface area contributed by atoms with Crippen molar-refractivity contribution in [3.8, 4) is 22.8 Å². The molecule has 3 heterocycles. The molecule has 0 bridgehead atoms. The standard InChI is InChI=1S/C26H26N2O3/c1-27-22-16-18(17-28(29-2)12-14-30-15-13-28)10-11-19(22)20-7-5-9-24-25(20)26(27)21-6-3-4-8-23(21)31-24/h3-11,16H,12-15,17H2,1-2H3/q+2. The summed E-state index contributed by atoms with van der Waals surface area (Å²) in [5.41, 5.74) is 4.83. The van der Waals surface area contributed by atoms with Gasteiger partial charge in [-0.25, -0.2) is 4.84 Å². The van der Waals surface area contributed by atoms with Crippen molar-refractivity contribution in [3.05, 3.63) is 66.2 Å². The molecule has 0 amide bonds. The van der Waals surface area contributed by atoms with Crippen LogP contribution >= 0.6 is 0 Å². The van der Waals surface area contributed by atoms with Crippen LogP contribution in [0, 0.1) is 0 Å². The number of nitrogens with zero attached hydrogens (tertiary/aromatic N) is 2. The van der Waals surface area contributed by atoms with Gasteiger partial charge in [-0.3, -0.25) is 0 Å². The fraction of sp³-hybridized carbons (Fsp3) is 0.269. The van der Waals surface area contributed by atoms with Gasteiger partial charge < -0.3 is 9.47 Å². The molecule has 0 atom stereocenters. The van der Waals surface area contributed by atoms with Crippen molar-refractivity contribution in [2.75, 3.05) is 33.4 Å². The molecule has 5 heteroatoms. The van der Waals surface area contributed by atoms with Crippen LogP contribution in [-0.2, 0) is 23.2 Å². The Hall–Kier alpha value is -2.99. The summed E-state index contributed by atoms with van der Waals surface area (Å²) < 4.78 is 14.8. The lowest BCUT2D eigenvalue weighted by molar-refractivity contribution is -1.12. The SMILES string of the molecule is CO[N+]1(Cc2ccc3c4cccc5c4c([n+](C)c3c2)-c2ccccc2O5)CCOCC1. The fourth-order valence-electron chi connectivity index (χ4n) is 5.15. The Morgan fingerprint density at radius 2 is 1.74 bits per heavy atom. The van der Waals surface area contributed by atoms with Crippen molar-refractivity contribution in [2.45, 2.75) is 6.54 Å². The third-order valence-electron chi connectivity index (χ3n) is 6.82. The summed E-state index contributed by atoms with van der Waals surface area (Å²) in [6, 6.07) is 21.5. The van der Waals surface area contributed by atoms with Gasteiger partial charge in [-0.1, -0.05) is 30.3 Å². The van der Waals surface area contributed by atoms with Gasteiger partial charge in [0.25, 0.3) is 0 Å². The molecule has 0 unspecified atom stereocenters. The third-order valence-corrected chi connectivity index (χ3v) is 6.82. The molecular formula is C26H26N2O3+2. The van der Waals surface area contributed by atoms with E-state index in [1.807, 2.05) is 19.2 Å². The number of fused-ring (bicyclic) bond motifs is 4. The topological polar surface area (TPSA) is 31.6 Å². The van der Waals surface area contributed by atoms with E-state index in [2.05, 4.69) is 60.1 Å². The highest BCUT2D eigenvalue weighted by molar-refractivity contribution is 6.12. The molecule has 4 aromatic rings. The summed E-state index contributed by atoms with van der Waals surface area (Å²) in [5, 5.41) is 3.64. The highest BCUT2D eigenvalue weighted by Gasteiger charge is 2.33. The molecule has 1 fully saturated rings. The largest absolute Gasteiger partial charge is 0.456 e. The fourth-order valence-corrected chi connectivity index (χ4v) is 5.15. The molecule has 156 valence electrons. The molecule has 1 aromatic heterocycles. The van der Waals surface area contributed by atoms with Gasteiger partial charge in [0.2, 0.25) is 11.2 Å². The Kier molecular flexibility index (Phi) is 4.25. The number of hydrogen-bond donors (Lipinski definition) is 0. The number of aryl methyl sites for hydroxylation is 1. The van der Waals surface area contributed by atoms with E-state index in [1.165, 1.54) is 32.9 Å². The monoisotopic (exact) mass is 414 g/mol. The number of aromatic nitrogens is 1. The van der Waals surface area contributed by atoms with Crippen LogP contribution in [0.2, 0.25) is 0 Å². The Labute approximate surface area is 181 Å². The number of hydrogen-bond acceptors (Lipinski definition) is 3. The zero-order chi connectivity index (χ0) is 21.0. The van der Waals surface area contributed by atoms with Gasteiger partial charge in [0, 0.05) is 17.0 Å². The molecule has 5 nitrogen and oxygen atoms in total. The number of morpholine rings is 1. The molecule has 2 aliphatic heterocycles. The minimum absolute atomic E-state index is 0.608. The molecule has 1 saturated heterocycles. The van der Waals surface area contributed by atoms with Crippen molar-refractivity contribution in [3.63, 3.8) is 0 Å². The normalized spacial score (nSPS) is 16.8. The van der Waals surface area contributed by atoms with Gasteiger partial charge in [0.15, 0.2) is 0 Å². The first-order valence-electron chi connectivity index (χ1n) is 10.8. The average molecular weight is 415 g/mol. The zero-order valence-corrected chi connectivity index (χ0v) is 17.9. The smallest absolute Gasteiger partial charge is 0.228 e. The number of rotatable bonds is 3. The van der Waals surface area contributed by atoms with Crippen molar-refractivity contribution in [2.24, 2.45) is 7.05 Å². The summed E-state index contributed by atoms with van der Waals surface area (Å²) in [7, 11) is 3.97. The first-order chi connectivity index (χ1) is 15.2. The minimum atomic E-state index is 0.608. The zero-order valence-electron chi connectivity index (χ0n) is 17.9. The Morgan fingerprint density at radius 1 is 0.935 bits per heavy atom. The molecule has 0 spiro atoms.